The number of H-pyrrole nitrogens is 1. The fourth-order valence-corrected chi connectivity index (χ4v) is 12.6. The van der Waals surface area contributed by atoms with Crippen molar-refractivity contribution in [2.75, 3.05) is 30.7 Å². The number of nitrogen functional groups attached to an aromatic ring is 1. The van der Waals surface area contributed by atoms with Crippen LogP contribution in [0.2, 0.25) is 46.4 Å². The molecule has 0 aromatic carbocycles. The van der Waals surface area contributed by atoms with Crippen LogP contribution >= 0.6 is 104 Å². The van der Waals surface area contributed by atoms with Crippen molar-refractivity contribution in [3.63, 3.8) is 0 Å². The normalized spacial score (nSPS) is 12.3. The number of carboxylic acids is 1. The number of urea groups is 1. The molecule has 29 nitrogen and oxygen atoms in total. The Bertz CT molecular complexity index is 5900. The number of carboxylic acid groups (broad SMARTS) is 1. The Hall–Kier alpha value is -10.4. The summed E-state index contributed by atoms with van der Waals surface area (Å²) < 4.78 is 74.0. The van der Waals surface area contributed by atoms with Gasteiger partial charge in [-0.15, -0.1) is 0 Å². The number of fused-ring (bicyclic) bond motifs is 2. The molecule has 0 spiro atoms. The number of nitrogens with zero attached hydrogens (tertiary/aromatic N) is 13. The van der Waals surface area contributed by atoms with Crippen LogP contribution in [0.15, 0.2) is 93.8 Å². The topological polar surface area (TPSA) is 412 Å². The number of primary amides is 1. The molecular formula is C79H81Cl9F5N19O10. The maximum absolute atomic E-state index is 13.8. The highest BCUT2D eigenvalue weighted by molar-refractivity contribution is 6.37. The summed E-state index contributed by atoms with van der Waals surface area (Å²) in [5.41, 5.74) is 16.4. The molecule has 0 saturated carbocycles. The molecule has 1 aliphatic heterocycles. The third-order valence-corrected chi connectivity index (χ3v) is 19.3. The molecule has 9 N–H and O–H groups in total. The van der Waals surface area contributed by atoms with Gasteiger partial charge in [-0.25, -0.2) is 80.0 Å². The predicted octanol–water partition coefficient (Wildman–Crippen LogP) is 18.2. The van der Waals surface area contributed by atoms with Crippen LogP contribution in [0.1, 0.15) is 183 Å². The van der Waals surface area contributed by atoms with Gasteiger partial charge in [0.25, 0.3) is 17.4 Å². The number of hydrogen-bond acceptors (Lipinski definition) is 21. The van der Waals surface area contributed by atoms with Crippen LogP contribution < -0.4 is 44.4 Å². The maximum Gasteiger partial charge on any atom is 0.410 e. The average molecular weight is 1870 g/mol. The van der Waals surface area contributed by atoms with E-state index in [0.717, 1.165) is 83.6 Å². The molecule has 1 saturated heterocycles. The molecule has 5 amide bonds. The van der Waals surface area contributed by atoms with Crippen LogP contribution in [0.5, 0.6) is 0 Å². The first-order valence-electron chi connectivity index (χ1n) is 36.3. The second-order valence-electron chi connectivity index (χ2n) is 28.7. The number of nitrogens with one attached hydrogen (secondary N) is 4. The number of amides is 5. The maximum atomic E-state index is 13.8. The largest absolute Gasteiger partial charge is 0.478 e. The molecule has 1 atom stereocenters. The van der Waals surface area contributed by atoms with Crippen molar-refractivity contribution in [2.45, 2.75) is 146 Å². The fourth-order valence-electron chi connectivity index (χ4n) is 10.9. The summed E-state index contributed by atoms with van der Waals surface area (Å²) in [6, 6.07) is 11.2. The van der Waals surface area contributed by atoms with Gasteiger partial charge in [0, 0.05) is 50.5 Å². The van der Waals surface area contributed by atoms with Crippen LogP contribution in [-0.2, 0) is 4.74 Å². The standard InChI is InChI=1S/C16H15Cl2FN4O2.C16H13Cl2FN4O.C16H14ClFN4O2.C10H20N2O2.C9H14N2.C6H3Cl2FN2O.C6H2Cl2FNO2/c1-7(2)11-12(8(3)4-5-20-11)21-16(25)23-15(24)9-6-10(19)14(18)22-13(9)17;1-7(2)11-12(8(3)4-5-20-11)23-15-9(13(17)22-16(23)24)6-10(19)14(18)21-15;1-7(2)11-12(8(3)4-5-19-11)22-14-9(15(23)21-16(22)24)6-10(18)13(17)20-14;1-8-7-12(6-5-11-8)9(13)14-10(2,3)4;1-6(2)9-8(10)7(3)4-5-11-9;7-4-2(6(10)12)1-3(9)5(8)11-4;7-4-2(6(11)12)1-3(9)5(8)10-4/h4-7H,1-3H3,(H2,21,23,24,25);4-7H,1-3H3;4-7H,1-3H3,(H,21,23,24);8,11H,5-7H2,1-4H3;4-6H,10H2,1-3H3;1H,(H2,10,12);1H,(H,11,12)/t;;;8-;;;/m...0.../s1. The minimum Gasteiger partial charge on any atom is -0.478 e. The van der Waals surface area contributed by atoms with Gasteiger partial charge in [-0.05, 0) is 156 Å². The van der Waals surface area contributed by atoms with Crippen molar-refractivity contribution < 1.29 is 55.8 Å². The summed E-state index contributed by atoms with van der Waals surface area (Å²) >= 11 is 50.1. The number of nitrogens with two attached hydrogens (primary N) is 2. The molecule has 1 fully saturated rings. The summed E-state index contributed by atoms with van der Waals surface area (Å²) in [6.45, 7) is 33.3. The van der Waals surface area contributed by atoms with Gasteiger partial charge < -0.3 is 36.8 Å². The molecule has 11 aromatic rings. The second-order valence-corrected chi connectivity index (χ2v) is 31.9. The summed E-state index contributed by atoms with van der Waals surface area (Å²) in [5, 5.41) is 13.5. The Morgan fingerprint density at radius 1 is 0.533 bits per heavy atom. The number of carbonyl (C=O) groups is 5. The molecule has 0 radical (unpaired) electrons. The monoisotopic (exact) mass is 1870 g/mol. The second kappa shape index (κ2) is 44.1. The number of aromatic carboxylic acids is 1. The van der Waals surface area contributed by atoms with Gasteiger partial charge in [-0.2, -0.15) is 4.98 Å². The number of piperazine rings is 1. The lowest BCUT2D eigenvalue weighted by Gasteiger charge is -2.33. The number of anilines is 2. The van der Waals surface area contributed by atoms with Crippen molar-refractivity contribution in [2.24, 2.45) is 5.73 Å². The molecule has 122 heavy (non-hydrogen) atoms. The first kappa shape index (κ1) is 100. The first-order valence-corrected chi connectivity index (χ1v) is 39.7. The molecule has 12 rings (SSSR count). The highest BCUT2D eigenvalue weighted by atomic mass is 35.5. The number of rotatable bonds is 10. The smallest absolute Gasteiger partial charge is 0.410 e. The van der Waals surface area contributed by atoms with E-state index in [1.807, 2.05) is 89.2 Å². The van der Waals surface area contributed by atoms with E-state index in [4.69, 9.17) is 126 Å². The highest BCUT2D eigenvalue weighted by Gasteiger charge is 2.28. The average Bonchev–Trinajstić information content (AvgIpc) is 0.754. The van der Waals surface area contributed by atoms with E-state index in [1.54, 1.807) is 54.8 Å². The molecule has 43 heteroatoms. The first-order chi connectivity index (χ1) is 56.9. The number of aryl methyl sites for hydroxylation is 4. The predicted molar refractivity (Wildman–Crippen MR) is 462 cm³/mol. The molecular weight excluding hydrogens is 1790 g/mol. The zero-order chi connectivity index (χ0) is 91.7. The quantitative estimate of drug-likeness (QED) is 0.0380. The van der Waals surface area contributed by atoms with E-state index >= 15 is 0 Å². The summed E-state index contributed by atoms with van der Waals surface area (Å²) in [4.78, 5) is 137. The highest BCUT2D eigenvalue weighted by Crippen LogP contribution is 2.33. The van der Waals surface area contributed by atoms with Crippen molar-refractivity contribution >= 4 is 168 Å². The van der Waals surface area contributed by atoms with Crippen molar-refractivity contribution in [3.05, 3.63) is 248 Å². The minimum absolute atomic E-state index is 0.00634. The van der Waals surface area contributed by atoms with Gasteiger partial charge >= 0.3 is 29.5 Å². The van der Waals surface area contributed by atoms with E-state index in [9.17, 15) is 60.3 Å². The summed E-state index contributed by atoms with van der Waals surface area (Å²) in [7, 11) is 0. The minimum atomic E-state index is -1.34. The summed E-state index contributed by atoms with van der Waals surface area (Å²) in [6.07, 6.45) is 6.56. The number of halogens is 14. The summed E-state index contributed by atoms with van der Waals surface area (Å²) in [5.74, 6) is -6.75. The van der Waals surface area contributed by atoms with Crippen molar-refractivity contribution in [1.29, 1.82) is 0 Å². The fraction of sp³-hybridized carbons (Fsp3) is 0.316. The van der Waals surface area contributed by atoms with Gasteiger partial charge in [-0.3, -0.25) is 44.6 Å². The number of carbonyl (C=O) groups excluding carboxylic acids is 4. The lowest BCUT2D eigenvalue weighted by molar-refractivity contribution is 0.0200. The van der Waals surface area contributed by atoms with Gasteiger partial charge in [0.2, 0.25) is 0 Å². The SMILES string of the molecule is C[C@H]1CN(C(=O)OC(C)(C)C)CCN1.Cc1ccnc(C(C)C)c1-n1c(=O)[nH]c(=O)c2cc(F)c(Cl)nc21.Cc1ccnc(C(C)C)c1-n1c(=O)nc(Cl)c2cc(F)c(Cl)nc21.Cc1ccnc(C(C)C)c1N.Cc1ccnc(C(C)C)c1NC(=O)NC(=O)c1cc(F)c(Cl)nc1Cl.NC(=O)c1cc(F)c(Cl)nc1Cl.O=C(O)c1cc(F)c(Cl)nc1Cl. The van der Waals surface area contributed by atoms with Gasteiger partial charge in [0.15, 0.2) is 66.1 Å². The Balaban J connectivity index is 0.000000226. The van der Waals surface area contributed by atoms with Gasteiger partial charge in [-0.1, -0.05) is 160 Å². The lowest BCUT2D eigenvalue weighted by Crippen LogP contribution is -2.52. The number of imide groups is 1. The van der Waals surface area contributed by atoms with Gasteiger partial charge in [0.1, 0.15) is 26.2 Å². The van der Waals surface area contributed by atoms with Crippen LogP contribution in [0.3, 0.4) is 0 Å². The Morgan fingerprint density at radius 3 is 1.39 bits per heavy atom. The number of aromatic nitrogens is 13. The van der Waals surface area contributed by atoms with Crippen LogP contribution in [-0.4, -0.2) is 135 Å². The van der Waals surface area contributed by atoms with E-state index in [-0.39, 0.29) is 88.0 Å². The van der Waals surface area contributed by atoms with Crippen molar-refractivity contribution in [3.8, 4) is 11.4 Å². The Kier molecular flexibility index (Phi) is 36.3. The van der Waals surface area contributed by atoms with Crippen LogP contribution in [0, 0.1) is 56.8 Å². The molecule has 1 aliphatic rings. The third-order valence-electron chi connectivity index (χ3n) is 16.8. The molecule has 11 aromatic heterocycles. The van der Waals surface area contributed by atoms with Crippen LogP contribution in [0.4, 0.5) is 42.9 Å². The number of hydrogen-bond donors (Lipinski definition) is 7. The lowest BCUT2D eigenvalue weighted by atomic mass is 10.0. The van der Waals surface area contributed by atoms with Crippen LogP contribution in [0.25, 0.3) is 33.4 Å². The zero-order valence-corrected chi connectivity index (χ0v) is 74.7. The Labute approximate surface area is 739 Å². The van der Waals surface area contributed by atoms with E-state index < -0.39 is 96.5 Å². The number of aromatic amines is 1. The molecule has 0 aliphatic carbocycles. The number of pyridine rings is 9. The van der Waals surface area contributed by atoms with Gasteiger partial charge in [0.05, 0.1) is 73.0 Å². The zero-order valence-electron chi connectivity index (χ0n) is 67.9. The molecule has 12 heterocycles. The molecule has 0 bridgehead atoms. The molecule has 650 valence electrons. The Morgan fingerprint density at radius 2 is 0.934 bits per heavy atom. The van der Waals surface area contributed by atoms with E-state index in [2.05, 4.69) is 91.5 Å². The van der Waals surface area contributed by atoms with E-state index in [0.29, 0.717) is 46.1 Å². The molecule has 0 unspecified atom stereocenters. The third kappa shape index (κ3) is 26.6. The number of ether oxygens (including phenoxy) is 1. The van der Waals surface area contributed by atoms with E-state index in [1.165, 1.54) is 9.13 Å². The van der Waals surface area contributed by atoms with Crippen molar-refractivity contribution in [1.82, 2.24) is 79.5 Å².